The van der Waals surface area contributed by atoms with E-state index in [1.807, 2.05) is 24.3 Å². The lowest BCUT2D eigenvalue weighted by Gasteiger charge is -2.15. The number of rotatable bonds is 6. The summed E-state index contributed by atoms with van der Waals surface area (Å²) in [4.78, 5) is 35.9. The molecule has 0 heterocycles. The van der Waals surface area contributed by atoms with Crippen molar-refractivity contribution in [3.05, 3.63) is 48.5 Å². The summed E-state index contributed by atoms with van der Waals surface area (Å²) in [6.45, 7) is 3.04. The third-order valence-corrected chi connectivity index (χ3v) is 3.67. The van der Waals surface area contributed by atoms with Crippen molar-refractivity contribution in [2.75, 3.05) is 34.4 Å². The number of nitrogens with one attached hydrogen (secondary N) is 3. The zero-order chi connectivity index (χ0) is 19.1. The first-order valence-electron chi connectivity index (χ1n) is 8.11. The third-order valence-electron chi connectivity index (χ3n) is 3.67. The molecule has 136 valence electrons. The molecular weight excluding hydrogens is 332 g/mol. The molecule has 0 atom stereocenters. The van der Waals surface area contributed by atoms with Crippen molar-refractivity contribution < 1.29 is 14.4 Å². The average molecular weight is 354 g/mol. The summed E-state index contributed by atoms with van der Waals surface area (Å²) in [6, 6.07) is 14.1. The zero-order valence-electron chi connectivity index (χ0n) is 15.0. The van der Waals surface area contributed by atoms with Gasteiger partial charge in [-0.3, -0.25) is 14.4 Å². The second-order valence-corrected chi connectivity index (χ2v) is 5.79. The normalized spacial score (nSPS) is 9.96. The van der Waals surface area contributed by atoms with Gasteiger partial charge in [-0.15, -0.1) is 0 Å². The first-order valence-corrected chi connectivity index (χ1v) is 8.11. The van der Waals surface area contributed by atoms with Gasteiger partial charge >= 0.3 is 0 Å². The second kappa shape index (κ2) is 8.66. The van der Waals surface area contributed by atoms with Gasteiger partial charge in [-0.1, -0.05) is 0 Å². The van der Waals surface area contributed by atoms with Crippen LogP contribution in [0.3, 0.4) is 0 Å². The highest BCUT2D eigenvalue weighted by molar-refractivity contribution is 5.94. The van der Waals surface area contributed by atoms with E-state index in [0.29, 0.717) is 11.4 Å². The Labute approximate surface area is 152 Å². The number of nitrogens with zero attached hydrogens (tertiary/aromatic N) is 1. The largest absolute Gasteiger partial charge is 0.376 e. The molecule has 0 aliphatic rings. The molecule has 26 heavy (non-hydrogen) atoms. The van der Waals surface area contributed by atoms with Crippen molar-refractivity contribution in [1.29, 1.82) is 0 Å². The van der Waals surface area contributed by atoms with Crippen molar-refractivity contribution in [1.82, 2.24) is 0 Å². The maximum atomic E-state index is 12.0. The smallest absolute Gasteiger partial charge is 0.243 e. The van der Waals surface area contributed by atoms with Gasteiger partial charge in [0.15, 0.2) is 0 Å². The van der Waals surface area contributed by atoms with Crippen molar-refractivity contribution >= 4 is 40.5 Å². The van der Waals surface area contributed by atoms with Gasteiger partial charge in [0, 0.05) is 43.6 Å². The predicted octanol–water partition coefficient (Wildman–Crippen LogP) is 2.68. The van der Waals surface area contributed by atoms with Crippen LogP contribution in [-0.2, 0) is 14.4 Å². The molecule has 0 saturated carbocycles. The van der Waals surface area contributed by atoms with Crippen LogP contribution in [0.1, 0.15) is 13.8 Å². The van der Waals surface area contributed by atoms with Crippen LogP contribution < -0.4 is 20.9 Å². The standard InChI is InChI=1S/C19H22N4O3/c1-13(24)21-16-4-6-17(7-5-16)22-19(26)12-20-15-8-10-18(11-9-15)23(3)14(2)25/h4-11,20H,12H2,1-3H3,(H,21,24)(H,22,26). The SMILES string of the molecule is CC(=O)Nc1ccc(NC(=O)CNc2ccc(N(C)C(C)=O)cc2)cc1. The van der Waals surface area contributed by atoms with Gasteiger partial charge in [0.2, 0.25) is 17.7 Å². The van der Waals surface area contributed by atoms with Crippen LogP contribution in [0.2, 0.25) is 0 Å². The van der Waals surface area contributed by atoms with E-state index in [1.54, 1.807) is 36.2 Å². The number of carbonyl (C=O) groups excluding carboxylic acids is 3. The fourth-order valence-electron chi connectivity index (χ4n) is 2.21. The predicted molar refractivity (Wildman–Crippen MR) is 103 cm³/mol. The Morgan fingerprint density at radius 3 is 1.81 bits per heavy atom. The average Bonchev–Trinajstić information content (AvgIpc) is 2.61. The van der Waals surface area contributed by atoms with Crippen molar-refractivity contribution in [2.45, 2.75) is 13.8 Å². The Kier molecular flexibility index (Phi) is 6.32. The van der Waals surface area contributed by atoms with Crippen LogP contribution in [0, 0.1) is 0 Å². The number of carbonyl (C=O) groups is 3. The van der Waals surface area contributed by atoms with Gasteiger partial charge in [0.25, 0.3) is 0 Å². The van der Waals surface area contributed by atoms with Crippen LogP contribution in [0.5, 0.6) is 0 Å². The number of hydrogen-bond acceptors (Lipinski definition) is 4. The lowest BCUT2D eigenvalue weighted by Crippen LogP contribution is -2.23. The molecule has 0 radical (unpaired) electrons. The lowest BCUT2D eigenvalue weighted by atomic mass is 10.2. The Morgan fingerprint density at radius 2 is 1.31 bits per heavy atom. The number of anilines is 4. The summed E-state index contributed by atoms with van der Waals surface area (Å²) < 4.78 is 0. The highest BCUT2D eigenvalue weighted by atomic mass is 16.2. The molecule has 2 aromatic rings. The Morgan fingerprint density at radius 1 is 0.808 bits per heavy atom. The maximum absolute atomic E-state index is 12.0. The maximum Gasteiger partial charge on any atom is 0.243 e. The first kappa shape index (κ1) is 19.0. The summed E-state index contributed by atoms with van der Waals surface area (Å²) in [7, 11) is 1.70. The monoisotopic (exact) mass is 354 g/mol. The summed E-state index contributed by atoms with van der Waals surface area (Å²) in [5, 5.41) is 8.46. The molecule has 2 aromatic carbocycles. The van der Waals surface area contributed by atoms with Gasteiger partial charge in [0.1, 0.15) is 0 Å². The van der Waals surface area contributed by atoms with E-state index >= 15 is 0 Å². The number of amides is 3. The Hall–Kier alpha value is -3.35. The molecular formula is C19H22N4O3. The number of benzene rings is 2. The fourth-order valence-corrected chi connectivity index (χ4v) is 2.21. The van der Waals surface area contributed by atoms with Gasteiger partial charge in [-0.05, 0) is 48.5 Å². The minimum absolute atomic E-state index is 0.0467. The quantitative estimate of drug-likeness (QED) is 0.744. The van der Waals surface area contributed by atoms with E-state index < -0.39 is 0 Å². The van der Waals surface area contributed by atoms with Gasteiger partial charge in [0.05, 0.1) is 6.54 Å². The van der Waals surface area contributed by atoms with Crippen LogP contribution in [0.25, 0.3) is 0 Å². The minimum atomic E-state index is -0.192. The second-order valence-electron chi connectivity index (χ2n) is 5.79. The molecule has 2 rings (SSSR count). The molecule has 7 heteroatoms. The Bertz CT molecular complexity index is 785. The van der Waals surface area contributed by atoms with Gasteiger partial charge < -0.3 is 20.9 Å². The molecule has 0 unspecified atom stereocenters. The summed E-state index contributed by atoms with van der Waals surface area (Å²) in [6.07, 6.45) is 0. The fraction of sp³-hybridized carbons (Fsp3) is 0.211. The van der Waals surface area contributed by atoms with Crippen LogP contribution in [0.15, 0.2) is 48.5 Å². The summed E-state index contributed by atoms with van der Waals surface area (Å²) in [5.74, 6) is -0.386. The van der Waals surface area contributed by atoms with Gasteiger partial charge in [-0.2, -0.15) is 0 Å². The molecule has 0 spiro atoms. The molecule has 0 aliphatic carbocycles. The van der Waals surface area contributed by atoms with E-state index in [0.717, 1.165) is 11.4 Å². The molecule has 0 fully saturated rings. The third kappa shape index (κ3) is 5.62. The van der Waals surface area contributed by atoms with Crippen molar-refractivity contribution in [3.8, 4) is 0 Å². The molecule has 0 aromatic heterocycles. The van der Waals surface area contributed by atoms with E-state index in [1.165, 1.54) is 13.8 Å². The summed E-state index contributed by atoms with van der Waals surface area (Å²) >= 11 is 0. The van der Waals surface area contributed by atoms with Crippen molar-refractivity contribution in [3.63, 3.8) is 0 Å². The molecule has 3 N–H and O–H groups in total. The molecule has 3 amide bonds. The highest BCUT2D eigenvalue weighted by Crippen LogP contribution is 2.17. The van der Waals surface area contributed by atoms with E-state index in [9.17, 15) is 14.4 Å². The highest BCUT2D eigenvalue weighted by Gasteiger charge is 2.06. The van der Waals surface area contributed by atoms with Crippen LogP contribution >= 0.6 is 0 Å². The molecule has 7 nitrogen and oxygen atoms in total. The summed E-state index contributed by atoms with van der Waals surface area (Å²) in [5.41, 5.74) is 2.88. The van der Waals surface area contributed by atoms with E-state index in [-0.39, 0.29) is 24.3 Å². The first-order chi connectivity index (χ1) is 12.3. The topological polar surface area (TPSA) is 90.5 Å². The lowest BCUT2D eigenvalue weighted by molar-refractivity contribution is -0.116. The van der Waals surface area contributed by atoms with E-state index in [2.05, 4.69) is 16.0 Å². The molecule has 0 aliphatic heterocycles. The van der Waals surface area contributed by atoms with Crippen LogP contribution in [0.4, 0.5) is 22.7 Å². The minimum Gasteiger partial charge on any atom is -0.376 e. The van der Waals surface area contributed by atoms with Gasteiger partial charge in [-0.25, -0.2) is 0 Å². The zero-order valence-corrected chi connectivity index (χ0v) is 15.0. The van der Waals surface area contributed by atoms with Crippen molar-refractivity contribution in [2.24, 2.45) is 0 Å². The Balaban J connectivity index is 1.84. The molecule has 0 bridgehead atoms. The van der Waals surface area contributed by atoms with E-state index in [4.69, 9.17) is 0 Å². The van der Waals surface area contributed by atoms with Crippen LogP contribution in [-0.4, -0.2) is 31.3 Å². The molecule has 0 saturated heterocycles. The number of hydrogen-bond donors (Lipinski definition) is 3.